The van der Waals surface area contributed by atoms with Crippen LogP contribution >= 0.6 is 11.6 Å². The minimum absolute atomic E-state index is 0.0765. The molecule has 0 saturated heterocycles. The van der Waals surface area contributed by atoms with E-state index in [0.717, 1.165) is 0 Å². The Labute approximate surface area is 194 Å². The fourth-order valence-electron chi connectivity index (χ4n) is 3.19. The van der Waals surface area contributed by atoms with Gasteiger partial charge in [-0.15, -0.1) is 0 Å². The molecule has 0 saturated carbocycles. The van der Waals surface area contributed by atoms with Crippen molar-refractivity contribution in [2.45, 2.75) is 11.8 Å². The highest BCUT2D eigenvalue weighted by atomic mass is 35.5. The van der Waals surface area contributed by atoms with Crippen molar-refractivity contribution in [3.05, 3.63) is 76.4 Å². The summed E-state index contributed by atoms with van der Waals surface area (Å²) in [5.74, 6) is 0.209. The Bertz CT molecular complexity index is 1500. The van der Waals surface area contributed by atoms with Gasteiger partial charge in [0.05, 0.1) is 24.9 Å². The molecule has 4 aromatic rings. The summed E-state index contributed by atoms with van der Waals surface area (Å²) < 4.78 is 40.2. The van der Waals surface area contributed by atoms with Gasteiger partial charge in [-0.05, 0) is 37.3 Å². The number of rotatable bonds is 7. The predicted molar refractivity (Wildman–Crippen MR) is 125 cm³/mol. The smallest absolute Gasteiger partial charge is 0.300 e. The Hall–Kier alpha value is -3.63. The number of fused-ring (bicyclic) bond motifs is 1. The van der Waals surface area contributed by atoms with Crippen LogP contribution in [-0.4, -0.2) is 36.5 Å². The minimum atomic E-state index is -4.01. The van der Waals surface area contributed by atoms with Crippen LogP contribution in [0.5, 0.6) is 11.6 Å². The minimum Gasteiger partial charge on any atom is -0.487 e. The van der Waals surface area contributed by atoms with Crippen LogP contribution in [0.3, 0.4) is 0 Å². The summed E-state index contributed by atoms with van der Waals surface area (Å²) in [6, 6.07) is 11.1. The van der Waals surface area contributed by atoms with E-state index in [2.05, 4.69) is 14.7 Å². The molecule has 3 heterocycles. The van der Waals surface area contributed by atoms with Gasteiger partial charge in [-0.25, -0.2) is 18.4 Å². The average molecular weight is 487 g/mol. The third kappa shape index (κ3) is 4.48. The largest absolute Gasteiger partial charge is 0.487 e. The Morgan fingerprint density at radius 1 is 1.09 bits per heavy atom. The zero-order valence-electron chi connectivity index (χ0n) is 17.6. The maximum atomic E-state index is 12.9. The Morgan fingerprint density at radius 2 is 1.88 bits per heavy atom. The molecule has 0 bridgehead atoms. The molecule has 170 valence electrons. The van der Waals surface area contributed by atoms with Crippen LogP contribution in [0.1, 0.15) is 6.92 Å². The van der Waals surface area contributed by atoms with Crippen molar-refractivity contribution >= 4 is 33.0 Å². The molecule has 0 spiro atoms. The van der Waals surface area contributed by atoms with Crippen molar-refractivity contribution in [3.8, 4) is 22.8 Å². The number of halogens is 1. The SMILES string of the molecule is CCOc1cnc2ccc(-c3cnc(OC)c(NS(=O)(=O)c4ccccc4Cl)c3)cn2c1=O. The van der Waals surface area contributed by atoms with Gasteiger partial charge in [0.15, 0.2) is 0 Å². The van der Waals surface area contributed by atoms with Crippen LogP contribution < -0.4 is 19.8 Å². The first-order valence-corrected chi connectivity index (χ1v) is 11.7. The summed E-state index contributed by atoms with van der Waals surface area (Å²) >= 11 is 6.07. The van der Waals surface area contributed by atoms with E-state index in [4.69, 9.17) is 21.1 Å². The summed E-state index contributed by atoms with van der Waals surface area (Å²) in [7, 11) is -2.63. The monoisotopic (exact) mass is 486 g/mol. The maximum absolute atomic E-state index is 12.9. The van der Waals surface area contributed by atoms with E-state index in [1.165, 1.54) is 36.0 Å². The first-order valence-electron chi connectivity index (χ1n) is 9.80. The zero-order valence-corrected chi connectivity index (χ0v) is 19.2. The Balaban J connectivity index is 1.78. The lowest BCUT2D eigenvalue weighted by atomic mass is 10.1. The van der Waals surface area contributed by atoms with Gasteiger partial charge in [-0.1, -0.05) is 23.7 Å². The van der Waals surface area contributed by atoms with Crippen LogP contribution in [0.4, 0.5) is 5.69 Å². The first-order chi connectivity index (χ1) is 15.8. The van der Waals surface area contributed by atoms with Crippen molar-refractivity contribution < 1.29 is 17.9 Å². The van der Waals surface area contributed by atoms with Gasteiger partial charge < -0.3 is 9.47 Å². The lowest BCUT2D eigenvalue weighted by Gasteiger charge is -2.14. The van der Waals surface area contributed by atoms with E-state index in [-0.39, 0.29) is 32.8 Å². The van der Waals surface area contributed by atoms with Gasteiger partial charge >= 0.3 is 0 Å². The van der Waals surface area contributed by atoms with E-state index in [0.29, 0.717) is 23.4 Å². The molecule has 0 amide bonds. The summed E-state index contributed by atoms with van der Waals surface area (Å²) in [4.78, 5) is 21.1. The molecule has 0 fully saturated rings. The second-order valence-corrected chi connectivity index (χ2v) is 8.88. The summed E-state index contributed by atoms with van der Waals surface area (Å²) in [5.41, 5.74) is 1.35. The highest BCUT2D eigenvalue weighted by Gasteiger charge is 2.20. The van der Waals surface area contributed by atoms with Crippen LogP contribution in [0, 0.1) is 0 Å². The highest BCUT2D eigenvalue weighted by molar-refractivity contribution is 7.92. The van der Waals surface area contributed by atoms with E-state index in [1.54, 1.807) is 43.5 Å². The molecular weight excluding hydrogens is 468 g/mol. The lowest BCUT2D eigenvalue weighted by molar-refractivity contribution is 0.333. The molecule has 9 nitrogen and oxygen atoms in total. The molecule has 0 atom stereocenters. The van der Waals surface area contributed by atoms with Crippen molar-refractivity contribution in [1.82, 2.24) is 14.4 Å². The summed E-state index contributed by atoms with van der Waals surface area (Å²) in [5, 5.41) is 0.0830. The van der Waals surface area contributed by atoms with Gasteiger partial charge in [0, 0.05) is 23.5 Å². The van der Waals surface area contributed by atoms with Gasteiger partial charge in [0.25, 0.3) is 15.6 Å². The van der Waals surface area contributed by atoms with Crippen molar-refractivity contribution in [2.24, 2.45) is 0 Å². The van der Waals surface area contributed by atoms with Gasteiger partial charge in [-0.3, -0.25) is 13.9 Å². The number of hydrogen-bond acceptors (Lipinski definition) is 7. The number of pyridine rings is 2. The number of aromatic nitrogens is 3. The molecule has 1 aromatic carbocycles. The normalized spacial score (nSPS) is 11.4. The molecule has 4 rings (SSSR count). The summed E-state index contributed by atoms with van der Waals surface area (Å²) in [6.07, 6.45) is 4.48. The molecule has 3 aromatic heterocycles. The molecule has 0 unspecified atom stereocenters. The molecular formula is C22H19ClN4O5S. The quantitative estimate of drug-likeness (QED) is 0.424. The topological polar surface area (TPSA) is 112 Å². The third-order valence-electron chi connectivity index (χ3n) is 4.72. The number of hydrogen-bond donors (Lipinski definition) is 1. The lowest BCUT2D eigenvalue weighted by Crippen LogP contribution is -2.17. The van der Waals surface area contributed by atoms with E-state index in [1.807, 2.05) is 0 Å². The number of anilines is 1. The standard InChI is InChI=1S/C22H19ClN4O5S/c1-3-32-18-12-24-20-9-8-14(13-27(20)22(18)28)15-10-17(21(31-2)25-11-15)26-33(29,30)19-7-5-4-6-16(19)23/h4-13,26H,3H2,1-2H3. The average Bonchev–Trinajstić information content (AvgIpc) is 2.81. The van der Waals surface area contributed by atoms with Crippen LogP contribution in [0.2, 0.25) is 5.02 Å². The molecule has 0 aliphatic heterocycles. The van der Waals surface area contributed by atoms with Crippen molar-refractivity contribution in [2.75, 3.05) is 18.4 Å². The van der Waals surface area contributed by atoms with E-state index >= 15 is 0 Å². The van der Waals surface area contributed by atoms with E-state index in [9.17, 15) is 13.2 Å². The molecule has 0 radical (unpaired) electrons. The molecule has 0 aliphatic carbocycles. The fourth-order valence-corrected chi connectivity index (χ4v) is 4.76. The van der Waals surface area contributed by atoms with Crippen LogP contribution in [-0.2, 0) is 10.0 Å². The number of nitrogens with zero attached hydrogens (tertiary/aromatic N) is 3. The summed E-state index contributed by atoms with van der Waals surface area (Å²) in [6.45, 7) is 2.11. The second kappa shape index (κ2) is 9.08. The fraction of sp³-hybridized carbons (Fsp3) is 0.136. The van der Waals surface area contributed by atoms with Crippen LogP contribution in [0.25, 0.3) is 16.8 Å². The molecule has 11 heteroatoms. The van der Waals surface area contributed by atoms with Gasteiger partial charge in [-0.2, -0.15) is 0 Å². The number of methoxy groups -OCH3 is 1. The Kier molecular flexibility index (Phi) is 6.21. The zero-order chi connectivity index (χ0) is 23.6. The highest BCUT2D eigenvalue weighted by Crippen LogP contribution is 2.31. The number of ether oxygens (including phenoxy) is 2. The van der Waals surface area contributed by atoms with Gasteiger partial charge in [0.1, 0.15) is 16.2 Å². The molecule has 0 aliphatic rings. The first kappa shape index (κ1) is 22.6. The third-order valence-corrected chi connectivity index (χ3v) is 6.58. The molecule has 1 N–H and O–H groups in total. The van der Waals surface area contributed by atoms with E-state index < -0.39 is 10.0 Å². The number of nitrogens with one attached hydrogen (secondary N) is 1. The van der Waals surface area contributed by atoms with Crippen LogP contribution in [0.15, 0.2) is 70.7 Å². The number of sulfonamides is 1. The van der Waals surface area contributed by atoms with Gasteiger partial charge in [0.2, 0.25) is 11.6 Å². The Morgan fingerprint density at radius 3 is 2.61 bits per heavy atom. The number of benzene rings is 1. The van der Waals surface area contributed by atoms with Crippen molar-refractivity contribution in [1.29, 1.82) is 0 Å². The molecule has 33 heavy (non-hydrogen) atoms. The second-order valence-electron chi connectivity index (χ2n) is 6.82. The maximum Gasteiger partial charge on any atom is 0.300 e. The predicted octanol–water partition coefficient (Wildman–Crippen LogP) is 3.62. The van der Waals surface area contributed by atoms with Crippen molar-refractivity contribution in [3.63, 3.8) is 0 Å².